The van der Waals surface area contributed by atoms with Crippen LogP contribution in [0.3, 0.4) is 0 Å². The minimum Gasteiger partial charge on any atom is -0.504 e. The van der Waals surface area contributed by atoms with E-state index in [1.54, 1.807) is 17.0 Å². The van der Waals surface area contributed by atoms with Gasteiger partial charge in [-0.1, -0.05) is 23.8 Å². The summed E-state index contributed by atoms with van der Waals surface area (Å²) < 4.78 is 6.61. The predicted octanol–water partition coefficient (Wildman–Crippen LogP) is 2.78. The number of carbonyl (C=O) groups is 1. The first-order valence-corrected chi connectivity index (χ1v) is 13.4. The lowest BCUT2D eigenvalue weighted by Crippen LogP contribution is -2.78. The van der Waals surface area contributed by atoms with Gasteiger partial charge in [-0.25, -0.2) is 0 Å². The summed E-state index contributed by atoms with van der Waals surface area (Å²) in [7, 11) is 0. The van der Waals surface area contributed by atoms with Gasteiger partial charge in [-0.05, 0) is 75.6 Å². The molecule has 1 spiro atoms. The van der Waals surface area contributed by atoms with Crippen LogP contribution in [0.15, 0.2) is 30.3 Å². The highest BCUT2D eigenvalue weighted by molar-refractivity contribution is 5.99. The van der Waals surface area contributed by atoms with Crippen molar-refractivity contribution >= 4 is 5.91 Å². The van der Waals surface area contributed by atoms with E-state index in [0.29, 0.717) is 36.1 Å². The van der Waals surface area contributed by atoms with E-state index >= 15 is 0 Å². The number of aliphatic hydroxyl groups excluding tert-OH is 1. The highest BCUT2D eigenvalue weighted by Gasteiger charge is 2.74. The first-order valence-electron chi connectivity index (χ1n) is 13.4. The molecule has 3 N–H and O–H groups in total. The Hall–Kier alpha value is -2.61. The number of aromatic hydroxyl groups is 1. The zero-order valence-electron chi connectivity index (χ0n) is 20.5. The van der Waals surface area contributed by atoms with E-state index in [4.69, 9.17) is 4.74 Å². The van der Waals surface area contributed by atoms with Crippen molar-refractivity contribution in [3.8, 4) is 11.5 Å². The van der Waals surface area contributed by atoms with Gasteiger partial charge in [0.1, 0.15) is 6.10 Å². The number of phenols is 1. The second-order valence-electron chi connectivity index (χ2n) is 12.1. The third-order valence-electron chi connectivity index (χ3n) is 10.3. The summed E-state index contributed by atoms with van der Waals surface area (Å²) in [6, 6.07) is 8.86. The van der Waals surface area contributed by atoms with E-state index in [0.717, 1.165) is 42.1 Å². The monoisotopic (exact) mass is 488 g/mol. The Morgan fingerprint density at radius 2 is 1.97 bits per heavy atom. The van der Waals surface area contributed by atoms with Gasteiger partial charge in [-0.3, -0.25) is 9.69 Å². The number of aryl methyl sites for hydroxylation is 1. The summed E-state index contributed by atoms with van der Waals surface area (Å²) in [6.07, 6.45) is 3.48. The molecule has 0 radical (unpaired) electrons. The third-order valence-corrected chi connectivity index (χ3v) is 10.3. The smallest absolute Gasteiger partial charge is 0.256 e. The van der Waals surface area contributed by atoms with E-state index in [1.165, 1.54) is 12.8 Å². The van der Waals surface area contributed by atoms with Crippen LogP contribution in [0.4, 0.5) is 0 Å². The second-order valence-corrected chi connectivity index (χ2v) is 12.1. The Morgan fingerprint density at radius 1 is 1.14 bits per heavy atom. The second kappa shape index (κ2) is 6.82. The zero-order valence-corrected chi connectivity index (χ0v) is 20.5. The molecule has 1 amide bonds. The van der Waals surface area contributed by atoms with Gasteiger partial charge in [-0.15, -0.1) is 0 Å². The minimum absolute atomic E-state index is 0.0130. The molecule has 3 aliphatic carbocycles. The average molecular weight is 489 g/mol. The number of hydrogen-bond donors (Lipinski definition) is 3. The van der Waals surface area contributed by atoms with E-state index in [2.05, 4.69) is 4.90 Å². The van der Waals surface area contributed by atoms with Crippen molar-refractivity contribution in [3.63, 3.8) is 0 Å². The van der Waals surface area contributed by atoms with E-state index in [9.17, 15) is 20.1 Å². The maximum absolute atomic E-state index is 13.6. The van der Waals surface area contributed by atoms with Crippen LogP contribution < -0.4 is 4.74 Å². The number of aliphatic hydroxyl groups is 2. The van der Waals surface area contributed by atoms with Crippen LogP contribution in [0.25, 0.3) is 0 Å². The molecule has 8 rings (SSSR count). The molecule has 1 unspecified atom stereocenters. The molecule has 7 nitrogen and oxygen atoms in total. The Balaban J connectivity index is 1.26. The van der Waals surface area contributed by atoms with Gasteiger partial charge < -0.3 is 25.0 Å². The molecule has 2 bridgehead atoms. The average Bonchev–Trinajstić information content (AvgIpc) is 3.55. The number of amides is 1. The van der Waals surface area contributed by atoms with Crippen molar-refractivity contribution in [2.75, 3.05) is 13.1 Å². The van der Waals surface area contributed by atoms with Gasteiger partial charge in [0.2, 0.25) is 0 Å². The van der Waals surface area contributed by atoms with Gasteiger partial charge in [0.05, 0.1) is 17.1 Å². The fraction of sp³-hybridized carbons (Fsp3) is 0.552. The molecule has 0 aromatic heterocycles. The molecular weight excluding hydrogens is 456 g/mol. The van der Waals surface area contributed by atoms with Crippen molar-refractivity contribution in [3.05, 3.63) is 58.1 Å². The maximum Gasteiger partial charge on any atom is 0.256 e. The van der Waals surface area contributed by atoms with E-state index < -0.39 is 29.4 Å². The van der Waals surface area contributed by atoms with Crippen molar-refractivity contribution in [1.82, 2.24) is 9.80 Å². The van der Waals surface area contributed by atoms with Crippen LogP contribution in [0.5, 0.6) is 11.5 Å². The van der Waals surface area contributed by atoms with Gasteiger partial charge in [0.15, 0.2) is 17.7 Å². The van der Waals surface area contributed by atoms with Crippen molar-refractivity contribution in [2.24, 2.45) is 5.92 Å². The first-order chi connectivity index (χ1) is 17.3. The zero-order chi connectivity index (χ0) is 24.6. The fourth-order valence-corrected chi connectivity index (χ4v) is 8.56. The van der Waals surface area contributed by atoms with E-state index in [1.807, 2.05) is 25.1 Å². The molecule has 188 valence electrons. The lowest BCUT2D eigenvalue weighted by atomic mass is 9.48. The number of carbonyl (C=O) groups excluding carboxylic acids is 1. The number of fused-ring (bicyclic) bond motifs is 1. The Kier molecular flexibility index (Phi) is 4.07. The molecule has 3 heterocycles. The molecule has 36 heavy (non-hydrogen) atoms. The molecule has 6 atom stereocenters. The molecule has 1 saturated heterocycles. The topological polar surface area (TPSA) is 93.5 Å². The minimum atomic E-state index is -1.05. The number of phenolic OH excluding ortho intramolecular Hbond substituents is 1. The first kappa shape index (κ1) is 21.5. The number of ether oxygens (including phenoxy) is 1. The summed E-state index contributed by atoms with van der Waals surface area (Å²) in [4.78, 5) is 17.7. The van der Waals surface area contributed by atoms with Crippen molar-refractivity contribution < 1.29 is 24.9 Å². The van der Waals surface area contributed by atoms with Crippen LogP contribution in [-0.4, -0.2) is 67.9 Å². The summed E-state index contributed by atoms with van der Waals surface area (Å²) in [5, 5.41) is 34.9. The van der Waals surface area contributed by atoms with E-state index in [-0.39, 0.29) is 17.7 Å². The standard InChI is InChI=1S/C29H32N2O5/c1-15-2-6-18-19(12-15)27(34)31(26(18)33)20-8-9-29(35)22-13-17-5-7-21(32)24-23(17)28(29,25(20)36-24)10-11-30(22)14-16-3-4-16/h2,5-7,12,16,20,22,25,27,32,34-35H,3-4,8-11,13-14H2,1H3/t20-,22-,25+,27?,28+,29-/m1/s1. The van der Waals surface area contributed by atoms with Crippen LogP contribution in [0.2, 0.25) is 0 Å². The summed E-state index contributed by atoms with van der Waals surface area (Å²) in [5.41, 5.74) is 2.52. The Morgan fingerprint density at radius 3 is 2.78 bits per heavy atom. The largest absolute Gasteiger partial charge is 0.504 e. The van der Waals surface area contributed by atoms with Crippen LogP contribution in [0.1, 0.15) is 70.9 Å². The van der Waals surface area contributed by atoms with Crippen molar-refractivity contribution in [2.45, 2.75) is 80.9 Å². The molecule has 2 aromatic rings. The molecular formula is C29H32N2O5. The molecule has 7 heteroatoms. The third kappa shape index (κ3) is 2.42. The van der Waals surface area contributed by atoms with Crippen LogP contribution in [0, 0.1) is 12.8 Å². The SMILES string of the molecule is Cc1ccc2c(c1)C(O)N([C@@H]1CC[C@@]3(O)[C@H]4Cc5ccc(O)c6c5[C@@]3(CCN4CC3CC3)[C@H]1O6)C2=O. The molecule has 2 saturated carbocycles. The molecule has 3 fully saturated rings. The van der Waals surface area contributed by atoms with Gasteiger partial charge in [0, 0.05) is 29.3 Å². The number of benzene rings is 2. The molecule has 6 aliphatic rings. The molecule has 3 aliphatic heterocycles. The lowest BCUT2D eigenvalue weighted by Gasteiger charge is -2.64. The fourth-order valence-electron chi connectivity index (χ4n) is 8.56. The number of piperidine rings is 1. The highest BCUT2D eigenvalue weighted by atomic mass is 16.5. The number of hydrogen-bond acceptors (Lipinski definition) is 6. The van der Waals surface area contributed by atoms with Crippen molar-refractivity contribution in [1.29, 1.82) is 0 Å². The maximum atomic E-state index is 13.6. The van der Waals surface area contributed by atoms with Gasteiger partial charge in [0.25, 0.3) is 5.91 Å². The summed E-state index contributed by atoms with van der Waals surface area (Å²) in [5.74, 6) is 1.09. The van der Waals surface area contributed by atoms with Crippen LogP contribution in [-0.2, 0) is 11.8 Å². The lowest BCUT2D eigenvalue weighted by molar-refractivity contribution is -0.204. The Bertz CT molecular complexity index is 1320. The quantitative estimate of drug-likeness (QED) is 0.615. The van der Waals surface area contributed by atoms with Gasteiger partial charge in [-0.2, -0.15) is 0 Å². The highest BCUT2D eigenvalue weighted by Crippen LogP contribution is 2.66. The predicted molar refractivity (Wildman–Crippen MR) is 131 cm³/mol. The number of rotatable bonds is 3. The van der Waals surface area contributed by atoms with Crippen LogP contribution >= 0.6 is 0 Å². The summed E-state index contributed by atoms with van der Waals surface area (Å²) in [6.45, 7) is 3.84. The number of likely N-dealkylation sites (tertiary alicyclic amines) is 1. The number of nitrogens with zero attached hydrogens (tertiary/aromatic N) is 2. The Labute approximate surface area is 210 Å². The summed E-state index contributed by atoms with van der Waals surface area (Å²) >= 11 is 0. The molecule has 2 aromatic carbocycles. The van der Waals surface area contributed by atoms with Gasteiger partial charge >= 0.3 is 0 Å². The normalized spacial score (nSPS) is 38.1.